The number of nitrogens with one attached hydrogen (secondary N) is 3. The van der Waals surface area contributed by atoms with Gasteiger partial charge >= 0.3 is 6.03 Å². The van der Waals surface area contributed by atoms with Crippen molar-refractivity contribution in [3.05, 3.63) is 72.3 Å². The summed E-state index contributed by atoms with van der Waals surface area (Å²) in [6.45, 7) is 4.54. The highest BCUT2D eigenvalue weighted by Gasteiger charge is 2.24. The second kappa shape index (κ2) is 14.7. The van der Waals surface area contributed by atoms with Gasteiger partial charge in [-0.2, -0.15) is 0 Å². The Hall–Kier alpha value is -3.89. The summed E-state index contributed by atoms with van der Waals surface area (Å²) in [7, 11) is 5.72. The average Bonchev–Trinajstić information content (AvgIpc) is 2.99. The molecule has 1 aliphatic heterocycles. The van der Waals surface area contributed by atoms with Gasteiger partial charge in [-0.1, -0.05) is 12.1 Å². The Labute approximate surface area is 247 Å². The molecular formula is C31H40N6O3S. The van der Waals surface area contributed by atoms with Crippen LogP contribution in [0.25, 0.3) is 0 Å². The Morgan fingerprint density at radius 2 is 1.51 bits per heavy atom. The Morgan fingerprint density at radius 3 is 2.17 bits per heavy atom. The summed E-state index contributed by atoms with van der Waals surface area (Å²) in [5.41, 5.74) is 3.72. The zero-order chi connectivity index (χ0) is 29.2. The SMILES string of the molecule is COc1ccccc1N1CCN(c2ccc(NC(=O)Nc3ccc(SC)cc3)cc2C(=O)NCCCN(C)C)CC1. The Morgan fingerprint density at radius 1 is 0.878 bits per heavy atom. The number of piperazine rings is 1. The minimum atomic E-state index is -0.364. The van der Waals surface area contributed by atoms with Crippen molar-refractivity contribution >= 4 is 46.4 Å². The van der Waals surface area contributed by atoms with Gasteiger partial charge in [-0.25, -0.2) is 4.79 Å². The maximum absolute atomic E-state index is 13.4. The van der Waals surface area contributed by atoms with E-state index in [2.05, 4.69) is 36.7 Å². The van der Waals surface area contributed by atoms with E-state index >= 15 is 0 Å². The molecule has 10 heteroatoms. The van der Waals surface area contributed by atoms with Crippen molar-refractivity contribution in [1.29, 1.82) is 0 Å². The fraction of sp³-hybridized carbons (Fsp3) is 0.355. The zero-order valence-corrected chi connectivity index (χ0v) is 25.1. The van der Waals surface area contributed by atoms with Crippen LogP contribution in [0.4, 0.5) is 27.5 Å². The number of hydrogen-bond donors (Lipinski definition) is 3. The number of amides is 3. The molecule has 0 aliphatic carbocycles. The first kappa shape index (κ1) is 30.1. The molecule has 3 aromatic rings. The van der Waals surface area contributed by atoms with Crippen molar-refractivity contribution in [2.24, 2.45) is 0 Å². The quantitative estimate of drug-likeness (QED) is 0.217. The molecular weight excluding hydrogens is 536 g/mol. The molecule has 0 unspecified atom stereocenters. The number of thioether (sulfide) groups is 1. The maximum atomic E-state index is 13.4. The number of nitrogens with zero attached hydrogens (tertiary/aromatic N) is 3. The third-order valence-electron chi connectivity index (χ3n) is 6.96. The van der Waals surface area contributed by atoms with Crippen LogP contribution in [0, 0.1) is 0 Å². The topological polar surface area (TPSA) is 89.2 Å². The molecule has 0 spiro atoms. The van der Waals surface area contributed by atoms with Crippen molar-refractivity contribution in [2.45, 2.75) is 11.3 Å². The standard InChI is InChI=1S/C31H40N6O3S/c1-35(2)17-7-16-32-30(38)26-22-24(34-31(39)33-23-10-13-25(41-4)14-11-23)12-15-27(26)36-18-20-37(21-19-36)28-8-5-6-9-29(28)40-3/h5-6,8-15,22H,7,16-21H2,1-4H3,(H,32,38)(H2,33,34,39). The van der Waals surface area contributed by atoms with Gasteiger partial charge in [0.05, 0.1) is 18.4 Å². The highest BCUT2D eigenvalue weighted by molar-refractivity contribution is 7.98. The molecule has 41 heavy (non-hydrogen) atoms. The highest BCUT2D eigenvalue weighted by Crippen LogP contribution is 2.31. The lowest BCUT2D eigenvalue weighted by Crippen LogP contribution is -2.47. The van der Waals surface area contributed by atoms with E-state index in [0.29, 0.717) is 23.5 Å². The van der Waals surface area contributed by atoms with Crippen molar-refractivity contribution < 1.29 is 14.3 Å². The van der Waals surface area contributed by atoms with Crippen LogP contribution >= 0.6 is 11.8 Å². The van der Waals surface area contributed by atoms with Crippen molar-refractivity contribution in [2.75, 3.05) is 87.2 Å². The van der Waals surface area contributed by atoms with E-state index in [0.717, 1.165) is 61.2 Å². The average molecular weight is 577 g/mol. The molecule has 3 amide bonds. The minimum absolute atomic E-state index is 0.150. The van der Waals surface area contributed by atoms with Crippen LogP contribution in [0.2, 0.25) is 0 Å². The number of carbonyl (C=O) groups excluding carboxylic acids is 2. The van der Waals surface area contributed by atoms with Gasteiger partial charge in [-0.3, -0.25) is 4.79 Å². The lowest BCUT2D eigenvalue weighted by molar-refractivity contribution is 0.0952. The van der Waals surface area contributed by atoms with Gasteiger partial charge in [0, 0.05) is 54.7 Å². The van der Waals surface area contributed by atoms with Gasteiger partial charge in [-0.15, -0.1) is 11.8 Å². The first-order valence-corrected chi connectivity index (χ1v) is 15.0. The zero-order valence-electron chi connectivity index (χ0n) is 24.3. The van der Waals surface area contributed by atoms with Gasteiger partial charge in [0.25, 0.3) is 5.91 Å². The van der Waals surface area contributed by atoms with E-state index in [1.807, 2.05) is 74.9 Å². The maximum Gasteiger partial charge on any atom is 0.323 e. The number of ether oxygens (including phenoxy) is 1. The first-order valence-electron chi connectivity index (χ1n) is 13.8. The van der Waals surface area contributed by atoms with E-state index in [1.54, 1.807) is 24.9 Å². The summed E-state index contributed by atoms with van der Waals surface area (Å²) in [6.07, 6.45) is 2.86. The molecule has 1 fully saturated rings. The number of hydrogen-bond acceptors (Lipinski definition) is 7. The van der Waals surface area contributed by atoms with Gasteiger partial charge in [0.2, 0.25) is 0 Å². The predicted octanol–water partition coefficient (Wildman–Crippen LogP) is 5.07. The van der Waals surface area contributed by atoms with Crippen LogP contribution < -0.4 is 30.5 Å². The third kappa shape index (κ3) is 8.31. The van der Waals surface area contributed by atoms with E-state index in [4.69, 9.17) is 4.74 Å². The number of para-hydroxylation sites is 2. The molecule has 3 N–H and O–H groups in total. The number of rotatable bonds is 11. The summed E-state index contributed by atoms with van der Waals surface area (Å²) < 4.78 is 5.56. The number of benzene rings is 3. The van der Waals surface area contributed by atoms with Gasteiger partial charge in [0.1, 0.15) is 5.75 Å². The molecule has 1 saturated heterocycles. The van der Waals surface area contributed by atoms with Gasteiger partial charge < -0.3 is 35.4 Å². The van der Waals surface area contributed by atoms with Gasteiger partial charge in [-0.05, 0) is 87.9 Å². The number of urea groups is 1. The fourth-order valence-electron chi connectivity index (χ4n) is 4.81. The lowest BCUT2D eigenvalue weighted by atomic mass is 10.1. The van der Waals surface area contributed by atoms with Crippen LogP contribution in [0.3, 0.4) is 0 Å². The number of anilines is 4. The monoisotopic (exact) mass is 576 g/mol. The lowest BCUT2D eigenvalue weighted by Gasteiger charge is -2.38. The molecule has 3 aromatic carbocycles. The van der Waals surface area contributed by atoms with Crippen LogP contribution in [-0.4, -0.2) is 83.6 Å². The summed E-state index contributed by atoms with van der Waals surface area (Å²) in [5.74, 6) is 0.704. The van der Waals surface area contributed by atoms with E-state index in [1.165, 1.54) is 0 Å². The molecule has 0 bridgehead atoms. The highest BCUT2D eigenvalue weighted by atomic mass is 32.2. The molecule has 0 aromatic heterocycles. The second-order valence-corrected chi connectivity index (χ2v) is 11.0. The largest absolute Gasteiger partial charge is 0.495 e. The Kier molecular flexibility index (Phi) is 10.8. The molecule has 0 radical (unpaired) electrons. The number of methoxy groups -OCH3 is 1. The fourth-order valence-corrected chi connectivity index (χ4v) is 5.22. The van der Waals surface area contributed by atoms with Crippen LogP contribution in [0.1, 0.15) is 16.8 Å². The molecule has 0 atom stereocenters. The van der Waals surface area contributed by atoms with Crippen LogP contribution in [0.5, 0.6) is 5.75 Å². The van der Waals surface area contributed by atoms with E-state index in [9.17, 15) is 9.59 Å². The van der Waals surface area contributed by atoms with Crippen LogP contribution in [-0.2, 0) is 0 Å². The minimum Gasteiger partial charge on any atom is -0.495 e. The normalized spacial score (nSPS) is 13.2. The third-order valence-corrected chi connectivity index (χ3v) is 7.70. The molecule has 0 saturated carbocycles. The smallest absolute Gasteiger partial charge is 0.323 e. The molecule has 1 aliphatic rings. The predicted molar refractivity (Wildman–Crippen MR) is 170 cm³/mol. The van der Waals surface area contributed by atoms with Crippen molar-refractivity contribution in [3.8, 4) is 5.75 Å². The molecule has 218 valence electrons. The summed E-state index contributed by atoms with van der Waals surface area (Å²) in [4.78, 5) is 33.9. The Balaban J connectivity index is 1.48. The summed E-state index contributed by atoms with van der Waals surface area (Å²) in [5, 5.41) is 8.81. The Bertz CT molecular complexity index is 1310. The first-order chi connectivity index (χ1) is 19.9. The van der Waals surface area contributed by atoms with Gasteiger partial charge in [0.15, 0.2) is 0 Å². The van der Waals surface area contributed by atoms with Crippen molar-refractivity contribution in [1.82, 2.24) is 10.2 Å². The molecule has 1 heterocycles. The number of carbonyl (C=O) groups is 2. The summed E-state index contributed by atoms with van der Waals surface area (Å²) >= 11 is 1.64. The molecule has 9 nitrogen and oxygen atoms in total. The summed E-state index contributed by atoms with van der Waals surface area (Å²) in [6, 6.07) is 20.9. The van der Waals surface area contributed by atoms with E-state index < -0.39 is 0 Å². The van der Waals surface area contributed by atoms with Crippen LogP contribution in [0.15, 0.2) is 71.6 Å². The van der Waals surface area contributed by atoms with Crippen molar-refractivity contribution in [3.63, 3.8) is 0 Å². The second-order valence-electron chi connectivity index (χ2n) is 10.1. The molecule has 4 rings (SSSR count). The van der Waals surface area contributed by atoms with E-state index in [-0.39, 0.29) is 11.9 Å².